The van der Waals surface area contributed by atoms with Gasteiger partial charge in [0.1, 0.15) is 6.04 Å². The molecule has 1 aromatic rings. The molecule has 0 saturated carbocycles. The second-order valence-corrected chi connectivity index (χ2v) is 4.70. The number of para-hydroxylation sites is 1. The van der Waals surface area contributed by atoms with Crippen molar-refractivity contribution in [2.45, 2.75) is 32.7 Å². The first kappa shape index (κ1) is 13.6. The van der Waals surface area contributed by atoms with Gasteiger partial charge in [-0.05, 0) is 18.6 Å². The second-order valence-electron chi connectivity index (χ2n) is 4.70. The van der Waals surface area contributed by atoms with Gasteiger partial charge in [-0.3, -0.25) is 9.59 Å². The van der Waals surface area contributed by atoms with Crippen LogP contribution in [0.25, 0.3) is 0 Å². The number of nitrogens with one attached hydrogen (secondary N) is 1. The Labute approximate surface area is 113 Å². The van der Waals surface area contributed by atoms with E-state index in [1.165, 1.54) is 0 Å². The fourth-order valence-electron chi connectivity index (χ4n) is 2.56. The Bertz CT molecular complexity index is 485. The lowest BCUT2D eigenvalue weighted by molar-refractivity contribution is -0.123. The number of carbonyl (C=O) groups is 2. The van der Waals surface area contributed by atoms with Crippen LogP contribution in [-0.2, 0) is 4.79 Å². The van der Waals surface area contributed by atoms with Crippen molar-refractivity contribution in [1.82, 2.24) is 5.32 Å². The number of piperazine rings is 1. The number of rotatable bonds is 4. The van der Waals surface area contributed by atoms with Crippen LogP contribution in [0.15, 0.2) is 24.3 Å². The molecule has 4 nitrogen and oxygen atoms in total. The Balaban J connectivity index is 2.39. The highest BCUT2D eigenvalue weighted by Gasteiger charge is 2.29. The van der Waals surface area contributed by atoms with Crippen molar-refractivity contribution in [2.24, 2.45) is 0 Å². The molecule has 1 amide bonds. The molecule has 1 aliphatic rings. The molecule has 1 fully saturated rings. The summed E-state index contributed by atoms with van der Waals surface area (Å²) in [7, 11) is 0. The first-order valence-corrected chi connectivity index (χ1v) is 6.85. The molecule has 1 N–H and O–H groups in total. The molecular formula is C15H20N2O2. The van der Waals surface area contributed by atoms with Gasteiger partial charge >= 0.3 is 0 Å². The summed E-state index contributed by atoms with van der Waals surface area (Å²) in [5.41, 5.74) is 1.61. The number of hydrogen-bond acceptors (Lipinski definition) is 3. The van der Waals surface area contributed by atoms with E-state index in [9.17, 15) is 9.59 Å². The van der Waals surface area contributed by atoms with Gasteiger partial charge in [-0.25, -0.2) is 0 Å². The summed E-state index contributed by atoms with van der Waals surface area (Å²) in [6.07, 6.45) is 1.22. The largest absolute Gasteiger partial charge is 0.357 e. The third kappa shape index (κ3) is 2.62. The predicted octanol–water partition coefficient (Wildman–Crippen LogP) is 1.99. The summed E-state index contributed by atoms with van der Waals surface area (Å²) in [6, 6.07) is 7.39. The molecule has 0 bridgehead atoms. The fourth-order valence-corrected chi connectivity index (χ4v) is 2.56. The van der Waals surface area contributed by atoms with Crippen molar-refractivity contribution in [3.8, 4) is 0 Å². The van der Waals surface area contributed by atoms with Gasteiger partial charge in [0.05, 0.1) is 0 Å². The van der Waals surface area contributed by atoms with Crippen LogP contribution in [0.1, 0.15) is 37.0 Å². The van der Waals surface area contributed by atoms with E-state index in [1.54, 1.807) is 0 Å². The highest BCUT2D eigenvalue weighted by atomic mass is 16.2. The van der Waals surface area contributed by atoms with Crippen LogP contribution in [0, 0.1) is 0 Å². The summed E-state index contributed by atoms with van der Waals surface area (Å²) in [5.74, 6) is 0.170. The number of carbonyl (C=O) groups excluding carboxylic acids is 2. The van der Waals surface area contributed by atoms with Gasteiger partial charge in [0.15, 0.2) is 5.78 Å². The number of amides is 1. The number of hydrogen-bond donors (Lipinski definition) is 1. The van der Waals surface area contributed by atoms with E-state index < -0.39 is 0 Å². The average Bonchev–Trinajstić information content (AvgIpc) is 2.46. The molecule has 4 heteroatoms. The van der Waals surface area contributed by atoms with Gasteiger partial charge in [-0.15, -0.1) is 0 Å². The minimum atomic E-state index is -0.181. The molecule has 0 aliphatic carbocycles. The lowest BCUT2D eigenvalue weighted by Crippen LogP contribution is -2.55. The fraction of sp³-hybridized carbons (Fsp3) is 0.467. The summed E-state index contributed by atoms with van der Waals surface area (Å²) in [4.78, 5) is 26.0. The molecule has 2 rings (SSSR count). The van der Waals surface area contributed by atoms with Crippen molar-refractivity contribution in [3.63, 3.8) is 0 Å². The summed E-state index contributed by atoms with van der Waals surface area (Å²) < 4.78 is 0. The van der Waals surface area contributed by atoms with E-state index >= 15 is 0 Å². The Morgan fingerprint density at radius 3 is 2.79 bits per heavy atom. The molecule has 1 aromatic carbocycles. The van der Waals surface area contributed by atoms with Crippen LogP contribution in [-0.4, -0.2) is 30.8 Å². The zero-order chi connectivity index (χ0) is 13.8. The van der Waals surface area contributed by atoms with Crippen molar-refractivity contribution in [2.75, 3.05) is 18.0 Å². The highest BCUT2D eigenvalue weighted by Crippen LogP contribution is 2.25. The zero-order valence-corrected chi connectivity index (χ0v) is 11.5. The molecule has 1 saturated heterocycles. The van der Waals surface area contributed by atoms with Crippen LogP contribution in [0.4, 0.5) is 5.69 Å². The van der Waals surface area contributed by atoms with Gasteiger partial charge in [0.25, 0.3) is 0 Å². The Hall–Kier alpha value is -1.84. The average molecular weight is 260 g/mol. The molecule has 19 heavy (non-hydrogen) atoms. The third-order valence-electron chi connectivity index (χ3n) is 3.55. The van der Waals surface area contributed by atoms with Gasteiger partial charge in [0.2, 0.25) is 5.91 Å². The molecule has 1 aliphatic heterocycles. The van der Waals surface area contributed by atoms with Crippen molar-refractivity contribution in [3.05, 3.63) is 29.8 Å². The van der Waals surface area contributed by atoms with E-state index in [0.29, 0.717) is 13.0 Å². The maximum Gasteiger partial charge on any atom is 0.242 e. The summed E-state index contributed by atoms with van der Waals surface area (Å²) >= 11 is 0. The molecule has 0 spiro atoms. The summed E-state index contributed by atoms with van der Waals surface area (Å²) in [6.45, 7) is 5.23. The van der Waals surface area contributed by atoms with E-state index in [1.807, 2.05) is 38.1 Å². The number of Topliss-reactive ketones (excluding diaryl/α,β-unsaturated/α-hetero) is 1. The molecular weight excluding hydrogens is 240 g/mol. The number of nitrogens with zero attached hydrogens (tertiary/aromatic N) is 1. The van der Waals surface area contributed by atoms with Crippen LogP contribution >= 0.6 is 0 Å². The monoisotopic (exact) mass is 260 g/mol. The van der Waals surface area contributed by atoms with Gasteiger partial charge in [-0.1, -0.05) is 26.0 Å². The molecule has 1 unspecified atom stereocenters. The predicted molar refractivity (Wildman–Crippen MR) is 75.5 cm³/mol. The maximum absolute atomic E-state index is 12.0. The van der Waals surface area contributed by atoms with E-state index in [2.05, 4.69) is 10.2 Å². The SMILES string of the molecule is CCC(=O)c1ccccc1N1CCNC(=O)C1CC. The molecule has 0 aromatic heterocycles. The first-order valence-electron chi connectivity index (χ1n) is 6.85. The van der Waals surface area contributed by atoms with Crippen molar-refractivity contribution < 1.29 is 9.59 Å². The molecule has 1 atom stereocenters. The minimum Gasteiger partial charge on any atom is -0.357 e. The smallest absolute Gasteiger partial charge is 0.242 e. The first-order chi connectivity index (χ1) is 9.19. The Morgan fingerprint density at radius 2 is 2.11 bits per heavy atom. The molecule has 1 heterocycles. The topological polar surface area (TPSA) is 49.4 Å². The van der Waals surface area contributed by atoms with Crippen LogP contribution in [0.3, 0.4) is 0 Å². The zero-order valence-electron chi connectivity index (χ0n) is 11.5. The molecule has 102 valence electrons. The molecule has 0 radical (unpaired) electrons. The summed E-state index contributed by atoms with van der Waals surface area (Å²) in [5, 5.41) is 2.88. The third-order valence-corrected chi connectivity index (χ3v) is 3.55. The van der Waals surface area contributed by atoms with Gasteiger partial charge < -0.3 is 10.2 Å². The van der Waals surface area contributed by atoms with Crippen molar-refractivity contribution in [1.29, 1.82) is 0 Å². The lowest BCUT2D eigenvalue weighted by atomic mass is 10.0. The van der Waals surface area contributed by atoms with E-state index in [-0.39, 0.29) is 17.7 Å². The number of benzene rings is 1. The lowest BCUT2D eigenvalue weighted by Gasteiger charge is -2.37. The minimum absolute atomic E-state index is 0.0486. The quantitative estimate of drug-likeness (QED) is 0.842. The maximum atomic E-state index is 12.0. The van der Waals surface area contributed by atoms with E-state index in [0.717, 1.165) is 24.2 Å². The van der Waals surface area contributed by atoms with Crippen LogP contribution in [0.2, 0.25) is 0 Å². The van der Waals surface area contributed by atoms with Gasteiger partial charge in [-0.2, -0.15) is 0 Å². The van der Waals surface area contributed by atoms with Crippen molar-refractivity contribution >= 4 is 17.4 Å². The second kappa shape index (κ2) is 5.87. The van der Waals surface area contributed by atoms with Crippen LogP contribution in [0.5, 0.6) is 0 Å². The Kier molecular flexibility index (Phi) is 4.20. The Morgan fingerprint density at radius 1 is 1.37 bits per heavy atom. The highest BCUT2D eigenvalue weighted by molar-refractivity contribution is 6.02. The number of ketones is 1. The number of anilines is 1. The van der Waals surface area contributed by atoms with E-state index in [4.69, 9.17) is 0 Å². The standard InChI is InChI=1S/C15H20N2O2/c1-3-12-15(19)16-9-10-17(12)13-8-6-5-7-11(13)14(18)4-2/h5-8,12H,3-4,9-10H2,1-2H3,(H,16,19). The van der Waals surface area contributed by atoms with Gasteiger partial charge in [0, 0.05) is 30.8 Å². The normalized spacial score (nSPS) is 19.2. The van der Waals surface area contributed by atoms with Crippen LogP contribution < -0.4 is 10.2 Å².